The van der Waals surface area contributed by atoms with Gasteiger partial charge in [0.1, 0.15) is 0 Å². The number of aryl methyl sites for hydroxylation is 2. The molecule has 2 nitrogen and oxygen atoms in total. The molecule has 1 atom stereocenters. The second-order valence-electron chi connectivity index (χ2n) is 5.60. The molecule has 1 aromatic carbocycles. The van der Waals surface area contributed by atoms with E-state index < -0.39 is 0 Å². The Bertz CT molecular complexity index is 558. The van der Waals surface area contributed by atoms with E-state index in [0.717, 1.165) is 29.6 Å². The van der Waals surface area contributed by atoms with E-state index in [2.05, 4.69) is 77.3 Å². The lowest BCUT2D eigenvalue weighted by molar-refractivity contribution is 0.524. The largest absolute Gasteiger partial charge is 0.310 e. The van der Waals surface area contributed by atoms with Crippen LogP contribution in [0.4, 0.5) is 0 Å². The molecule has 0 saturated carbocycles. The predicted molar refractivity (Wildman–Crippen MR) is 92.6 cm³/mol. The van der Waals surface area contributed by atoms with Crippen LogP contribution in [-0.2, 0) is 6.42 Å². The highest BCUT2D eigenvalue weighted by molar-refractivity contribution is 9.10. The minimum Gasteiger partial charge on any atom is -0.310 e. The lowest BCUT2D eigenvalue weighted by Gasteiger charge is -2.20. The second kappa shape index (κ2) is 7.71. The maximum Gasteiger partial charge on any atom is 0.0423 e. The number of benzene rings is 1. The Morgan fingerprint density at radius 1 is 1.14 bits per heavy atom. The number of hydrogen-bond acceptors (Lipinski definition) is 2. The van der Waals surface area contributed by atoms with Crippen molar-refractivity contribution in [3.63, 3.8) is 0 Å². The van der Waals surface area contributed by atoms with Crippen molar-refractivity contribution in [2.75, 3.05) is 6.54 Å². The van der Waals surface area contributed by atoms with Crippen molar-refractivity contribution in [2.45, 2.75) is 39.7 Å². The van der Waals surface area contributed by atoms with Gasteiger partial charge in [0, 0.05) is 28.8 Å². The minimum atomic E-state index is 0.317. The van der Waals surface area contributed by atoms with E-state index in [0.29, 0.717) is 6.04 Å². The lowest BCUT2D eigenvalue weighted by Crippen LogP contribution is -2.24. The van der Waals surface area contributed by atoms with Crippen LogP contribution >= 0.6 is 15.9 Å². The van der Waals surface area contributed by atoms with Crippen molar-refractivity contribution in [3.05, 3.63) is 63.4 Å². The molecule has 0 fully saturated rings. The van der Waals surface area contributed by atoms with Gasteiger partial charge in [0.25, 0.3) is 0 Å². The van der Waals surface area contributed by atoms with E-state index in [9.17, 15) is 0 Å². The van der Waals surface area contributed by atoms with Crippen LogP contribution in [0.5, 0.6) is 0 Å². The van der Waals surface area contributed by atoms with Crippen LogP contribution in [0.25, 0.3) is 0 Å². The van der Waals surface area contributed by atoms with Gasteiger partial charge in [-0.3, -0.25) is 4.98 Å². The first kappa shape index (κ1) is 16.2. The molecule has 1 N–H and O–H groups in total. The van der Waals surface area contributed by atoms with Gasteiger partial charge in [-0.1, -0.05) is 36.2 Å². The molecule has 0 spiro atoms. The van der Waals surface area contributed by atoms with Crippen molar-refractivity contribution in [1.29, 1.82) is 0 Å². The van der Waals surface area contributed by atoms with E-state index in [1.54, 1.807) is 0 Å². The van der Waals surface area contributed by atoms with Crippen molar-refractivity contribution in [3.8, 4) is 0 Å². The van der Waals surface area contributed by atoms with Gasteiger partial charge in [-0.05, 0) is 60.4 Å². The summed E-state index contributed by atoms with van der Waals surface area (Å²) in [7, 11) is 0. The summed E-state index contributed by atoms with van der Waals surface area (Å²) < 4.78 is 1.02. The molecule has 1 unspecified atom stereocenters. The third-order valence-corrected chi connectivity index (χ3v) is 3.96. The van der Waals surface area contributed by atoms with Gasteiger partial charge >= 0.3 is 0 Å². The number of halogens is 1. The Hall–Kier alpha value is -1.19. The van der Waals surface area contributed by atoms with Gasteiger partial charge in [0.15, 0.2) is 0 Å². The van der Waals surface area contributed by atoms with Gasteiger partial charge in [-0.2, -0.15) is 0 Å². The number of hydrogen-bond donors (Lipinski definition) is 1. The van der Waals surface area contributed by atoms with Crippen LogP contribution < -0.4 is 5.32 Å². The quantitative estimate of drug-likeness (QED) is 0.816. The highest BCUT2D eigenvalue weighted by atomic mass is 79.9. The molecular formula is C18H23BrN2. The number of aromatic nitrogens is 1. The third kappa shape index (κ3) is 4.94. The molecule has 1 heterocycles. The zero-order valence-corrected chi connectivity index (χ0v) is 14.6. The summed E-state index contributed by atoms with van der Waals surface area (Å²) in [5.74, 6) is 0. The molecule has 0 bridgehead atoms. The minimum absolute atomic E-state index is 0.317. The van der Waals surface area contributed by atoms with Gasteiger partial charge in [-0.25, -0.2) is 0 Å². The molecule has 112 valence electrons. The molecule has 2 aromatic rings. The maximum atomic E-state index is 4.51. The Morgan fingerprint density at radius 3 is 2.43 bits per heavy atom. The molecule has 21 heavy (non-hydrogen) atoms. The van der Waals surface area contributed by atoms with Crippen molar-refractivity contribution >= 4 is 15.9 Å². The summed E-state index contributed by atoms with van der Waals surface area (Å²) in [5.41, 5.74) is 5.10. The van der Waals surface area contributed by atoms with Crippen molar-refractivity contribution in [2.24, 2.45) is 0 Å². The summed E-state index contributed by atoms with van der Waals surface area (Å²) in [4.78, 5) is 4.51. The zero-order chi connectivity index (χ0) is 15.2. The van der Waals surface area contributed by atoms with Gasteiger partial charge < -0.3 is 5.32 Å². The monoisotopic (exact) mass is 346 g/mol. The predicted octanol–water partition coefficient (Wildman–Crippen LogP) is 4.74. The number of rotatable bonds is 6. The van der Waals surface area contributed by atoms with Gasteiger partial charge in [0.2, 0.25) is 0 Å². The number of pyridine rings is 1. The standard InChI is InChI=1S/C18H23BrN2/c1-4-7-20-18(11-17-6-5-16(19)12-21-17)15-9-13(2)8-14(3)10-15/h5-6,8-10,12,18,20H,4,7,11H2,1-3H3. The SMILES string of the molecule is CCCNC(Cc1ccc(Br)cn1)c1cc(C)cc(C)c1. The van der Waals surface area contributed by atoms with Crippen LogP contribution in [0.1, 0.15) is 41.8 Å². The summed E-state index contributed by atoms with van der Waals surface area (Å²) in [6.45, 7) is 7.54. The fourth-order valence-corrected chi connectivity index (χ4v) is 2.81. The first-order valence-electron chi connectivity index (χ1n) is 7.50. The first-order valence-corrected chi connectivity index (χ1v) is 8.30. The average molecular weight is 347 g/mol. The second-order valence-corrected chi connectivity index (χ2v) is 6.52. The Balaban J connectivity index is 2.22. The topological polar surface area (TPSA) is 24.9 Å². The fraction of sp³-hybridized carbons (Fsp3) is 0.389. The molecule has 0 amide bonds. The normalized spacial score (nSPS) is 12.4. The molecule has 0 radical (unpaired) electrons. The van der Waals surface area contributed by atoms with Crippen LogP contribution in [0.15, 0.2) is 41.0 Å². The lowest BCUT2D eigenvalue weighted by atomic mass is 9.97. The van der Waals surface area contributed by atoms with E-state index >= 15 is 0 Å². The van der Waals surface area contributed by atoms with Gasteiger partial charge in [-0.15, -0.1) is 0 Å². The van der Waals surface area contributed by atoms with E-state index in [1.165, 1.54) is 16.7 Å². The molecular weight excluding hydrogens is 324 g/mol. The van der Waals surface area contributed by atoms with Crippen LogP contribution in [0, 0.1) is 13.8 Å². The fourth-order valence-electron chi connectivity index (χ4n) is 2.57. The molecule has 2 rings (SSSR count). The van der Waals surface area contributed by atoms with Crippen LogP contribution in [0.3, 0.4) is 0 Å². The summed E-state index contributed by atoms with van der Waals surface area (Å²) in [5, 5.41) is 3.65. The summed E-state index contributed by atoms with van der Waals surface area (Å²) in [6, 6.07) is 11.2. The molecule has 0 aliphatic rings. The zero-order valence-electron chi connectivity index (χ0n) is 13.0. The highest BCUT2D eigenvalue weighted by Gasteiger charge is 2.13. The Kier molecular flexibility index (Phi) is 5.95. The van der Waals surface area contributed by atoms with Crippen LogP contribution in [-0.4, -0.2) is 11.5 Å². The molecule has 0 aliphatic heterocycles. The van der Waals surface area contributed by atoms with E-state index in [1.807, 2.05) is 6.20 Å². The Morgan fingerprint density at radius 2 is 1.86 bits per heavy atom. The molecule has 1 aromatic heterocycles. The van der Waals surface area contributed by atoms with E-state index in [-0.39, 0.29) is 0 Å². The first-order chi connectivity index (χ1) is 10.1. The van der Waals surface area contributed by atoms with Crippen molar-refractivity contribution < 1.29 is 0 Å². The third-order valence-electron chi connectivity index (χ3n) is 3.49. The highest BCUT2D eigenvalue weighted by Crippen LogP contribution is 2.21. The number of nitrogens with one attached hydrogen (secondary N) is 1. The average Bonchev–Trinajstić information content (AvgIpc) is 2.44. The smallest absolute Gasteiger partial charge is 0.0423 e. The molecule has 0 saturated heterocycles. The van der Waals surface area contributed by atoms with Gasteiger partial charge in [0.05, 0.1) is 0 Å². The molecule has 0 aliphatic carbocycles. The molecule has 3 heteroatoms. The summed E-state index contributed by atoms with van der Waals surface area (Å²) >= 11 is 3.44. The maximum absolute atomic E-state index is 4.51. The van der Waals surface area contributed by atoms with E-state index in [4.69, 9.17) is 0 Å². The van der Waals surface area contributed by atoms with Crippen LogP contribution in [0.2, 0.25) is 0 Å². The summed E-state index contributed by atoms with van der Waals surface area (Å²) in [6.07, 6.45) is 3.92. The number of nitrogens with zero attached hydrogens (tertiary/aromatic N) is 1. The Labute approximate surface area is 136 Å². The van der Waals surface area contributed by atoms with Crippen molar-refractivity contribution in [1.82, 2.24) is 10.3 Å².